The zero-order valence-electron chi connectivity index (χ0n) is 11.2. The Morgan fingerprint density at radius 1 is 1.21 bits per heavy atom. The lowest BCUT2D eigenvalue weighted by Crippen LogP contribution is -1.94. The van der Waals surface area contributed by atoms with Crippen molar-refractivity contribution in [3.63, 3.8) is 0 Å². The molecule has 4 heteroatoms. The van der Waals surface area contributed by atoms with Gasteiger partial charge in [-0.25, -0.2) is 4.98 Å². The van der Waals surface area contributed by atoms with Crippen molar-refractivity contribution < 1.29 is 4.79 Å². The maximum atomic E-state index is 10.8. The fourth-order valence-electron chi connectivity index (χ4n) is 2.30. The molecule has 3 heterocycles. The number of hydrogen-bond donors (Lipinski definition) is 0. The van der Waals surface area contributed by atoms with Crippen molar-refractivity contribution in [3.05, 3.63) is 47.4 Å². The first-order valence-electron chi connectivity index (χ1n) is 6.17. The summed E-state index contributed by atoms with van der Waals surface area (Å²) >= 11 is 0. The van der Waals surface area contributed by atoms with Crippen LogP contribution in [0, 0.1) is 13.8 Å². The highest BCUT2D eigenvalue weighted by Gasteiger charge is 2.11. The predicted molar refractivity (Wildman–Crippen MR) is 74.5 cm³/mol. The Morgan fingerprint density at radius 2 is 2.00 bits per heavy atom. The van der Waals surface area contributed by atoms with Crippen LogP contribution in [-0.2, 0) is 7.05 Å². The highest BCUT2D eigenvalue weighted by molar-refractivity contribution is 5.75. The smallest absolute Gasteiger partial charge is 0.151 e. The number of pyridine rings is 1. The standard InChI is InChI=1S/C15H15N3O/c1-10-6-14(17(3)11(10)2)13-8-18-7-12(9-19)4-5-15(18)16-13/h4-9H,1-3H3. The average Bonchev–Trinajstić information content (AvgIpc) is 2.94. The van der Waals surface area contributed by atoms with Gasteiger partial charge in [-0.1, -0.05) is 0 Å². The molecule has 0 aliphatic rings. The molecule has 0 spiro atoms. The number of hydrogen-bond acceptors (Lipinski definition) is 2. The first-order valence-corrected chi connectivity index (χ1v) is 6.17. The van der Waals surface area contributed by atoms with Gasteiger partial charge in [0.05, 0.1) is 5.69 Å². The molecule has 3 rings (SSSR count). The van der Waals surface area contributed by atoms with Crippen LogP contribution in [0.15, 0.2) is 30.6 Å². The molecule has 3 aromatic rings. The zero-order valence-corrected chi connectivity index (χ0v) is 11.2. The summed E-state index contributed by atoms with van der Waals surface area (Å²) in [4.78, 5) is 15.4. The van der Waals surface area contributed by atoms with E-state index in [1.54, 1.807) is 12.3 Å². The van der Waals surface area contributed by atoms with E-state index in [0.717, 1.165) is 23.3 Å². The highest BCUT2D eigenvalue weighted by Crippen LogP contribution is 2.24. The molecule has 0 N–H and O–H groups in total. The van der Waals surface area contributed by atoms with Crippen molar-refractivity contribution in [1.82, 2.24) is 14.0 Å². The Morgan fingerprint density at radius 3 is 2.63 bits per heavy atom. The van der Waals surface area contributed by atoms with Gasteiger partial charge >= 0.3 is 0 Å². The first kappa shape index (κ1) is 11.7. The number of nitrogens with zero attached hydrogens (tertiary/aromatic N) is 3. The van der Waals surface area contributed by atoms with E-state index in [1.807, 2.05) is 23.7 Å². The summed E-state index contributed by atoms with van der Waals surface area (Å²) in [6.45, 7) is 4.19. The minimum absolute atomic E-state index is 0.649. The Hall–Kier alpha value is -2.36. The molecule has 96 valence electrons. The summed E-state index contributed by atoms with van der Waals surface area (Å²) in [5, 5.41) is 0. The number of aldehydes is 1. The van der Waals surface area contributed by atoms with Crippen LogP contribution in [0.3, 0.4) is 0 Å². The number of carbonyl (C=O) groups excluding carboxylic acids is 1. The van der Waals surface area contributed by atoms with Crippen LogP contribution in [0.25, 0.3) is 17.0 Å². The summed E-state index contributed by atoms with van der Waals surface area (Å²) in [7, 11) is 2.04. The molecule has 19 heavy (non-hydrogen) atoms. The second-order valence-corrected chi connectivity index (χ2v) is 4.83. The van der Waals surface area contributed by atoms with Gasteiger partial charge in [0.15, 0.2) is 6.29 Å². The molecule has 3 aromatic heterocycles. The van der Waals surface area contributed by atoms with E-state index >= 15 is 0 Å². The summed E-state index contributed by atoms with van der Waals surface area (Å²) < 4.78 is 4.02. The molecule has 0 aromatic carbocycles. The van der Waals surface area contributed by atoms with Crippen LogP contribution in [-0.4, -0.2) is 20.2 Å². The summed E-state index contributed by atoms with van der Waals surface area (Å²) in [6, 6.07) is 5.77. The zero-order chi connectivity index (χ0) is 13.6. The Kier molecular flexibility index (Phi) is 2.52. The van der Waals surface area contributed by atoms with E-state index in [-0.39, 0.29) is 0 Å². The van der Waals surface area contributed by atoms with Crippen LogP contribution in [0.2, 0.25) is 0 Å². The van der Waals surface area contributed by atoms with Crippen LogP contribution in [0.1, 0.15) is 21.6 Å². The third-order valence-electron chi connectivity index (χ3n) is 3.66. The number of fused-ring (bicyclic) bond motifs is 1. The fraction of sp³-hybridized carbons (Fsp3) is 0.200. The molecule has 0 unspecified atom stereocenters. The average molecular weight is 253 g/mol. The van der Waals surface area contributed by atoms with E-state index in [2.05, 4.69) is 29.5 Å². The topological polar surface area (TPSA) is 39.3 Å². The maximum absolute atomic E-state index is 10.8. The van der Waals surface area contributed by atoms with E-state index < -0.39 is 0 Å². The summed E-state index contributed by atoms with van der Waals surface area (Å²) in [5.74, 6) is 0. The monoisotopic (exact) mass is 253 g/mol. The summed E-state index contributed by atoms with van der Waals surface area (Å²) in [5.41, 5.74) is 5.99. The minimum atomic E-state index is 0.649. The quantitative estimate of drug-likeness (QED) is 0.659. The molecule has 4 nitrogen and oxygen atoms in total. The Bertz CT molecular complexity index is 780. The lowest BCUT2D eigenvalue weighted by molar-refractivity contribution is 0.112. The number of aryl methyl sites for hydroxylation is 1. The van der Waals surface area contributed by atoms with Crippen molar-refractivity contribution in [2.75, 3.05) is 0 Å². The molecule has 0 bridgehead atoms. The van der Waals surface area contributed by atoms with Gasteiger partial charge in [-0.05, 0) is 37.6 Å². The van der Waals surface area contributed by atoms with Crippen molar-refractivity contribution in [3.8, 4) is 11.4 Å². The number of carbonyl (C=O) groups is 1. The number of rotatable bonds is 2. The Balaban J connectivity index is 2.20. The van der Waals surface area contributed by atoms with Crippen LogP contribution < -0.4 is 0 Å². The largest absolute Gasteiger partial charge is 0.346 e. The number of aromatic nitrogens is 3. The highest BCUT2D eigenvalue weighted by atomic mass is 16.1. The maximum Gasteiger partial charge on any atom is 0.151 e. The second kappa shape index (κ2) is 4.09. The number of imidazole rings is 1. The molecule has 0 amide bonds. The summed E-state index contributed by atoms with van der Waals surface area (Å²) in [6.07, 6.45) is 4.59. The molecule has 0 saturated heterocycles. The van der Waals surface area contributed by atoms with Crippen LogP contribution in [0.5, 0.6) is 0 Å². The Labute approximate surface area is 111 Å². The lowest BCUT2D eigenvalue weighted by Gasteiger charge is -2.01. The van der Waals surface area contributed by atoms with Crippen molar-refractivity contribution >= 4 is 11.9 Å². The van der Waals surface area contributed by atoms with E-state index in [4.69, 9.17) is 0 Å². The van der Waals surface area contributed by atoms with Gasteiger partial charge in [-0.2, -0.15) is 0 Å². The minimum Gasteiger partial charge on any atom is -0.346 e. The predicted octanol–water partition coefficient (Wildman–Crippen LogP) is 2.77. The fourth-order valence-corrected chi connectivity index (χ4v) is 2.30. The molecule has 0 atom stereocenters. The van der Waals surface area contributed by atoms with Crippen molar-refractivity contribution in [1.29, 1.82) is 0 Å². The SMILES string of the molecule is Cc1cc(-c2cn3cc(C=O)ccc3n2)n(C)c1C. The molecule has 0 aliphatic heterocycles. The third kappa shape index (κ3) is 1.76. The molecular weight excluding hydrogens is 238 g/mol. The van der Waals surface area contributed by atoms with Gasteiger partial charge in [0.2, 0.25) is 0 Å². The molecular formula is C15H15N3O. The lowest BCUT2D eigenvalue weighted by atomic mass is 10.2. The van der Waals surface area contributed by atoms with Crippen LogP contribution >= 0.6 is 0 Å². The van der Waals surface area contributed by atoms with Crippen molar-refractivity contribution in [2.24, 2.45) is 7.05 Å². The van der Waals surface area contributed by atoms with Crippen LogP contribution in [0.4, 0.5) is 0 Å². The van der Waals surface area contributed by atoms with Gasteiger partial charge in [-0.15, -0.1) is 0 Å². The van der Waals surface area contributed by atoms with Gasteiger partial charge in [0, 0.05) is 30.7 Å². The van der Waals surface area contributed by atoms with E-state index in [1.165, 1.54) is 11.3 Å². The van der Waals surface area contributed by atoms with Gasteiger partial charge in [0.25, 0.3) is 0 Å². The van der Waals surface area contributed by atoms with Gasteiger partial charge in [0.1, 0.15) is 11.3 Å². The normalized spacial score (nSPS) is 11.1. The van der Waals surface area contributed by atoms with Gasteiger partial charge < -0.3 is 8.97 Å². The first-order chi connectivity index (χ1) is 9.10. The molecule has 0 saturated carbocycles. The third-order valence-corrected chi connectivity index (χ3v) is 3.66. The second-order valence-electron chi connectivity index (χ2n) is 4.83. The van der Waals surface area contributed by atoms with E-state index in [0.29, 0.717) is 5.56 Å². The van der Waals surface area contributed by atoms with E-state index in [9.17, 15) is 4.79 Å². The van der Waals surface area contributed by atoms with Crippen molar-refractivity contribution in [2.45, 2.75) is 13.8 Å². The van der Waals surface area contributed by atoms with Gasteiger partial charge in [-0.3, -0.25) is 4.79 Å². The molecule has 0 radical (unpaired) electrons. The molecule has 0 fully saturated rings. The molecule has 0 aliphatic carbocycles.